The number of phenolic OH excluding ortho intramolecular Hbond substituents is 1. The van der Waals surface area contributed by atoms with Crippen molar-refractivity contribution in [1.82, 2.24) is 9.88 Å². The molecule has 0 radical (unpaired) electrons. The molecule has 1 fully saturated rings. The first-order valence-corrected chi connectivity index (χ1v) is 10.7. The van der Waals surface area contributed by atoms with Crippen LogP contribution in [0.1, 0.15) is 48.3 Å². The Labute approximate surface area is 187 Å². The molecule has 0 bridgehead atoms. The Bertz CT molecular complexity index is 1160. The molecular weight excluding hydrogens is 404 g/mol. The number of benzene rings is 1. The van der Waals surface area contributed by atoms with Crippen LogP contribution in [0, 0.1) is 11.3 Å². The van der Waals surface area contributed by atoms with Crippen LogP contribution in [0.15, 0.2) is 53.3 Å². The van der Waals surface area contributed by atoms with E-state index in [4.69, 9.17) is 9.40 Å². The van der Waals surface area contributed by atoms with E-state index in [1.807, 2.05) is 24.0 Å². The van der Waals surface area contributed by atoms with Gasteiger partial charge in [-0.3, -0.25) is 4.79 Å². The molecule has 32 heavy (non-hydrogen) atoms. The van der Waals surface area contributed by atoms with Crippen molar-refractivity contribution in [2.45, 2.75) is 32.7 Å². The predicted octanol–water partition coefficient (Wildman–Crippen LogP) is 4.39. The number of pyridine rings is 1. The van der Waals surface area contributed by atoms with Gasteiger partial charge in [-0.05, 0) is 42.7 Å². The van der Waals surface area contributed by atoms with E-state index in [0.717, 1.165) is 16.8 Å². The van der Waals surface area contributed by atoms with Gasteiger partial charge in [-0.25, -0.2) is 4.98 Å². The molecule has 1 atom stereocenters. The Balaban J connectivity index is 1.70. The fraction of sp³-hybridized carbons (Fsp3) is 0.320. The minimum absolute atomic E-state index is 0.0595. The molecular formula is C25H26N4O3. The molecule has 0 unspecified atom stereocenters. The Morgan fingerprint density at radius 1 is 1.28 bits per heavy atom. The number of nitrogens with zero attached hydrogens (tertiary/aromatic N) is 4. The second kappa shape index (κ2) is 8.75. The predicted molar refractivity (Wildman–Crippen MR) is 122 cm³/mol. The van der Waals surface area contributed by atoms with E-state index in [-0.39, 0.29) is 23.6 Å². The highest BCUT2D eigenvalue weighted by Crippen LogP contribution is 2.34. The number of hydrogen-bond acceptors (Lipinski definition) is 6. The van der Waals surface area contributed by atoms with Crippen LogP contribution >= 0.6 is 0 Å². The topological polar surface area (TPSA) is 93.6 Å². The Hall–Kier alpha value is -3.79. The number of anilines is 1. The molecule has 164 valence electrons. The van der Waals surface area contributed by atoms with E-state index < -0.39 is 0 Å². The summed E-state index contributed by atoms with van der Waals surface area (Å²) in [7, 11) is 0. The first-order chi connectivity index (χ1) is 15.4. The van der Waals surface area contributed by atoms with Crippen molar-refractivity contribution >= 4 is 11.7 Å². The summed E-state index contributed by atoms with van der Waals surface area (Å²) in [6, 6.07) is 12.8. The maximum Gasteiger partial charge on any atom is 0.257 e. The van der Waals surface area contributed by atoms with Gasteiger partial charge in [0.1, 0.15) is 29.5 Å². The zero-order valence-corrected chi connectivity index (χ0v) is 18.4. The van der Waals surface area contributed by atoms with Crippen LogP contribution in [0.25, 0.3) is 11.1 Å². The summed E-state index contributed by atoms with van der Waals surface area (Å²) < 4.78 is 5.06. The van der Waals surface area contributed by atoms with E-state index >= 15 is 0 Å². The molecule has 1 aromatic carbocycles. The van der Waals surface area contributed by atoms with E-state index in [0.29, 0.717) is 36.6 Å². The second-order valence-corrected chi connectivity index (χ2v) is 8.42. The van der Waals surface area contributed by atoms with Gasteiger partial charge < -0.3 is 19.3 Å². The molecule has 4 rings (SSSR count). The van der Waals surface area contributed by atoms with Crippen LogP contribution in [0.3, 0.4) is 0 Å². The van der Waals surface area contributed by atoms with Crippen LogP contribution < -0.4 is 4.90 Å². The van der Waals surface area contributed by atoms with Gasteiger partial charge in [0.05, 0.1) is 11.8 Å². The minimum atomic E-state index is -0.0635. The fourth-order valence-electron chi connectivity index (χ4n) is 4.09. The van der Waals surface area contributed by atoms with Crippen molar-refractivity contribution in [1.29, 1.82) is 5.26 Å². The van der Waals surface area contributed by atoms with Crippen molar-refractivity contribution in [2.75, 3.05) is 24.5 Å². The maximum absolute atomic E-state index is 12.8. The molecule has 0 spiro atoms. The summed E-state index contributed by atoms with van der Waals surface area (Å²) in [5.74, 6) is 0.879. The third-order valence-electron chi connectivity index (χ3n) is 5.84. The van der Waals surface area contributed by atoms with Gasteiger partial charge in [0, 0.05) is 36.9 Å². The van der Waals surface area contributed by atoms with Gasteiger partial charge in [-0.2, -0.15) is 5.26 Å². The smallest absolute Gasteiger partial charge is 0.257 e. The highest BCUT2D eigenvalue weighted by molar-refractivity contribution is 5.94. The van der Waals surface area contributed by atoms with Crippen LogP contribution in [0.5, 0.6) is 5.75 Å². The van der Waals surface area contributed by atoms with E-state index in [9.17, 15) is 15.2 Å². The zero-order chi connectivity index (χ0) is 22.8. The van der Waals surface area contributed by atoms with Crippen molar-refractivity contribution in [3.05, 3.63) is 65.7 Å². The molecule has 3 aromatic rings. The average molecular weight is 431 g/mol. The fourth-order valence-corrected chi connectivity index (χ4v) is 4.09. The monoisotopic (exact) mass is 430 g/mol. The zero-order valence-electron chi connectivity index (χ0n) is 18.4. The number of aromatic hydroxyl groups is 1. The average Bonchev–Trinajstić information content (AvgIpc) is 3.32. The number of carbonyl (C=O) groups is 1. The highest BCUT2D eigenvalue weighted by Gasteiger charge is 2.31. The summed E-state index contributed by atoms with van der Waals surface area (Å²) in [6.45, 7) is 7.77. The number of nitriles is 1. The lowest BCUT2D eigenvalue weighted by atomic mass is 9.96. The highest BCUT2D eigenvalue weighted by atomic mass is 16.3. The molecule has 2 aromatic heterocycles. The SMILES string of the molecule is CC(C)c1cc(-c2cccc(O)c2)c(C#N)c(N2CCN(C(=O)c3ccoc3)[C@H](C)C2)n1. The van der Waals surface area contributed by atoms with Gasteiger partial charge >= 0.3 is 0 Å². The summed E-state index contributed by atoms with van der Waals surface area (Å²) in [6.07, 6.45) is 2.96. The van der Waals surface area contributed by atoms with Crippen molar-refractivity contribution in [3.8, 4) is 22.9 Å². The number of amides is 1. The standard InChI is InChI=1S/C25H26N4O3/c1-16(2)23-12-21(18-5-4-6-20(30)11-18)22(13-26)24(27-23)28-8-9-29(17(3)14-28)25(31)19-7-10-32-15-19/h4-7,10-12,15-17,30H,8-9,14H2,1-3H3/t17-/m1/s1. The largest absolute Gasteiger partial charge is 0.508 e. The normalized spacial score (nSPS) is 16.3. The van der Waals surface area contributed by atoms with Crippen LogP contribution in [-0.4, -0.2) is 46.6 Å². The molecule has 1 aliphatic heterocycles. The van der Waals surface area contributed by atoms with Crippen molar-refractivity contribution in [2.24, 2.45) is 0 Å². The molecule has 1 aliphatic rings. The lowest BCUT2D eigenvalue weighted by Crippen LogP contribution is -2.54. The summed E-state index contributed by atoms with van der Waals surface area (Å²) in [5.41, 5.74) is 3.41. The number of piperazine rings is 1. The van der Waals surface area contributed by atoms with E-state index in [1.165, 1.54) is 12.5 Å². The molecule has 3 heterocycles. The molecule has 1 amide bonds. The first kappa shape index (κ1) is 21.4. The van der Waals surface area contributed by atoms with Gasteiger partial charge in [0.25, 0.3) is 5.91 Å². The lowest BCUT2D eigenvalue weighted by molar-refractivity contribution is 0.0673. The van der Waals surface area contributed by atoms with Gasteiger partial charge in [0.15, 0.2) is 0 Å². The number of carbonyl (C=O) groups excluding carboxylic acids is 1. The van der Waals surface area contributed by atoms with E-state index in [1.54, 1.807) is 24.3 Å². The Kier molecular flexibility index (Phi) is 5.87. The molecule has 7 heteroatoms. The van der Waals surface area contributed by atoms with Crippen LogP contribution in [0.4, 0.5) is 5.82 Å². The van der Waals surface area contributed by atoms with Gasteiger partial charge in [0.2, 0.25) is 0 Å². The summed E-state index contributed by atoms with van der Waals surface area (Å²) >= 11 is 0. The second-order valence-electron chi connectivity index (χ2n) is 8.42. The quantitative estimate of drug-likeness (QED) is 0.660. The van der Waals surface area contributed by atoms with Gasteiger partial charge in [-0.15, -0.1) is 0 Å². The number of aromatic nitrogens is 1. The van der Waals surface area contributed by atoms with E-state index in [2.05, 4.69) is 24.8 Å². The summed E-state index contributed by atoms with van der Waals surface area (Å²) in [4.78, 5) is 21.6. The van der Waals surface area contributed by atoms with Crippen molar-refractivity contribution in [3.63, 3.8) is 0 Å². The Morgan fingerprint density at radius 3 is 2.72 bits per heavy atom. The minimum Gasteiger partial charge on any atom is -0.508 e. The van der Waals surface area contributed by atoms with Gasteiger partial charge in [-0.1, -0.05) is 26.0 Å². The summed E-state index contributed by atoms with van der Waals surface area (Å²) in [5, 5.41) is 20.0. The molecule has 1 saturated heterocycles. The van der Waals surface area contributed by atoms with Crippen LogP contribution in [-0.2, 0) is 0 Å². The van der Waals surface area contributed by atoms with Crippen LogP contribution in [0.2, 0.25) is 0 Å². The third kappa shape index (κ3) is 4.04. The number of furan rings is 1. The molecule has 0 aliphatic carbocycles. The number of rotatable bonds is 4. The lowest BCUT2D eigenvalue weighted by Gasteiger charge is -2.40. The molecule has 1 N–H and O–H groups in total. The number of phenols is 1. The number of hydrogen-bond donors (Lipinski definition) is 1. The first-order valence-electron chi connectivity index (χ1n) is 10.7. The molecule has 7 nitrogen and oxygen atoms in total. The Morgan fingerprint density at radius 2 is 2.09 bits per heavy atom. The molecule has 0 saturated carbocycles. The van der Waals surface area contributed by atoms with Crippen molar-refractivity contribution < 1.29 is 14.3 Å². The third-order valence-corrected chi connectivity index (χ3v) is 5.84. The maximum atomic E-state index is 12.8.